The second kappa shape index (κ2) is 4.28. The lowest BCUT2D eigenvalue weighted by Gasteiger charge is -2.24. The average molecular weight is 179 g/mol. The van der Waals surface area contributed by atoms with E-state index in [2.05, 4.69) is 19.1 Å². The third-order valence-corrected chi connectivity index (χ3v) is 3.19. The Morgan fingerprint density at radius 2 is 2.23 bits per heavy atom. The molecule has 0 heterocycles. The van der Waals surface area contributed by atoms with Crippen molar-refractivity contribution < 1.29 is 4.74 Å². The van der Waals surface area contributed by atoms with E-state index in [0.717, 1.165) is 37.4 Å². The van der Waals surface area contributed by atoms with Gasteiger partial charge in [0, 0.05) is 13.2 Å². The summed E-state index contributed by atoms with van der Waals surface area (Å²) in [6, 6.07) is 0. The highest BCUT2D eigenvalue weighted by molar-refractivity contribution is 4.87. The van der Waals surface area contributed by atoms with Gasteiger partial charge in [-0.15, -0.1) is 0 Å². The summed E-state index contributed by atoms with van der Waals surface area (Å²) in [5.41, 5.74) is 0. The molecule has 2 rings (SSSR count). The summed E-state index contributed by atoms with van der Waals surface area (Å²) >= 11 is 0. The van der Waals surface area contributed by atoms with Gasteiger partial charge in [0.15, 0.2) is 0 Å². The zero-order valence-electron chi connectivity index (χ0n) is 8.46. The van der Waals surface area contributed by atoms with Gasteiger partial charge in [0.25, 0.3) is 0 Å². The quantitative estimate of drug-likeness (QED) is 0.645. The highest BCUT2D eigenvalue weighted by Gasteiger charge is 2.23. The molecule has 2 aliphatic rings. The molecule has 0 amide bonds. The standard InChI is InChI=1S/C12H19O/c1-10-4-2-3-5-12(10)9-13-8-11-6-7-11/h3,10-12H,4-9H2,1H3. The first-order chi connectivity index (χ1) is 6.36. The molecule has 1 radical (unpaired) electrons. The van der Waals surface area contributed by atoms with E-state index in [1.807, 2.05) is 0 Å². The molecule has 2 unspecified atom stereocenters. The van der Waals surface area contributed by atoms with Gasteiger partial charge in [-0.05, 0) is 49.5 Å². The van der Waals surface area contributed by atoms with Crippen LogP contribution in [-0.2, 0) is 4.74 Å². The fraction of sp³-hybridized carbons (Fsp3) is 0.833. The first-order valence-corrected chi connectivity index (χ1v) is 5.49. The first kappa shape index (κ1) is 9.26. The van der Waals surface area contributed by atoms with Crippen molar-refractivity contribution in [2.75, 3.05) is 13.2 Å². The van der Waals surface area contributed by atoms with Crippen molar-refractivity contribution in [3.8, 4) is 0 Å². The number of rotatable bonds is 4. The van der Waals surface area contributed by atoms with Crippen molar-refractivity contribution in [3.05, 3.63) is 12.2 Å². The topological polar surface area (TPSA) is 9.23 Å². The predicted octanol–water partition coefficient (Wildman–Crippen LogP) is 2.82. The minimum atomic E-state index is 0.750. The molecule has 0 aromatic heterocycles. The fourth-order valence-electron chi connectivity index (χ4n) is 1.81. The van der Waals surface area contributed by atoms with Crippen LogP contribution in [0.4, 0.5) is 0 Å². The third kappa shape index (κ3) is 2.84. The van der Waals surface area contributed by atoms with E-state index in [1.165, 1.54) is 19.3 Å². The number of hydrogen-bond donors (Lipinski definition) is 0. The van der Waals surface area contributed by atoms with E-state index in [0.29, 0.717) is 0 Å². The Balaban J connectivity index is 1.64. The highest BCUT2D eigenvalue weighted by atomic mass is 16.5. The van der Waals surface area contributed by atoms with E-state index < -0.39 is 0 Å². The normalized spacial score (nSPS) is 33.6. The van der Waals surface area contributed by atoms with Crippen LogP contribution >= 0.6 is 0 Å². The SMILES string of the molecule is CC1C[C]=CCC1COCC1CC1. The monoisotopic (exact) mass is 179 g/mol. The minimum Gasteiger partial charge on any atom is -0.381 e. The average Bonchev–Trinajstić information content (AvgIpc) is 2.92. The lowest BCUT2D eigenvalue weighted by atomic mass is 9.85. The molecule has 1 fully saturated rings. The zero-order valence-corrected chi connectivity index (χ0v) is 8.46. The summed E-state index contributed by atoms with van der Waals surface area (Å²) in [5, 5.41) is 0. The zero-order chi connectivity index (χ0) is 9.10. The molecule has 1 heteroatoms. The predicted molar refractivity (Wildman–Crippen MR) is 53.2 cm³/mol. The summed E-state index contributed by atoms with van der Waals surface area (Å²) in [6.07, 6.45) is 10.6. The number of ether oxygens (including phenoxy) is 1. The van der Waals surface area contributed by atoms with E-state index in [9.17, 15) is 0 Å². The Bertz CT molecular complexity index is 182. The van der Waals surface area contributed by atoms with Gasteiger partial charge in [-0.25, -0.2) is 0 Å². The number of allylic oxidation sites excluding steroid dienone is 2. The van der Waals surface area contributed by atoms with Gasteiger partial charge in [0.2, 0.25) is 0 Å². The smallest absolute Gasteiger partial charge is 0.0500 e. The van der Waals surface area contributed by atoms with Gasteiger partial charge in [-0.1, -0.05) is 13.0 Å². The van der Waals surface area contributed by atoms with Crippen molar-refractivity contribution in [2.24, 2.45) is 17.8 Å². The van der Waals surface area contributed by atoms with Gasteiger partial charge in [0.05, 0.1) is 0 Å². The van der Waals surface area contributed by atoms with Crippen LogP contribution in [0.2, 0.25) is 0 Å². The second-order valence-corrected chi connectivity index (χ2v) is 4.57. The third-order valence-electron chi connectivity index (χ3n) is 3.19. The molecule has 2 aliphatic carbocycles. The van der Waals surface area contributed by atoms with Crippen LogP contribution in [0, 0.1) is 23.8 Å². The van der Waals surface area contributed by atoms with Crippen LogP contribution < -0.4 is 0 Å². The largest absolute Gasteiger partial charge is 0.381 e. The van der Waals surface area contributed by atoms with Crippen LogP contribution in [0.15, 0.2) is 6.08 Å². The summed E-state index contributed by atoms with van der Waals surface area (Å²) in [5.74, 6) is 2.42. The van der Waals surface area contributed by atoms with Crippen LogP contribution in [0.1, 0.15) is 32.6 Å². The molecule has 0 aromatic rings. The summed E-state index contributed by atoms with van der Waals surface area (Å²) in [7, 11) is 0. The second-order valence-electron chi connectivity index (χ2n) is 4.57. The molecule has 0 saturated heterocycles. The Kier molecular flexibility index (Phi) is 3.05. The van der Waals surface area contributed by atoms with Gasteiger partial charge in [-0.3, -0.25) is 0 Å². The van der Waals surface area contributed by atoms with E-state index in [4.69, 9.17) is 4.74 Å². The van der Waals surface area contributed by atoms with Crippen molar-refractivity contribution in [2.45, 2.75) is 32.6 Å². The molecule has 0 bridgehead atoms. The fourth-order valence-corrected chi connectivity index (χ4v) is 1.81. The molecule has 1 nitrogen and oxygen atoms in total. The summed E-state index contributed by atoms with van der Waals surface area (Å²) in [6.45, 7) is 4.29. The molecular formula is C12H19O. The first-order valence-electron chi connectivity index (χ1n) is 5.49. The number of hydrogen-bond acceptors (Lipinski definition) is 1. The van der Waals surface area contributed by atoms with E-state index in [-0.39, 0.29) is 0 Å². The Hall–Kier alpha value is -0.300. The maximum Gasteiger partial charge on any atom is 0.0500 e. The van der Waals surface area contributed by atoms with Crippen LogP contribution in [0.3, 0.4) is 0 Å². The minimum absolute atomic E-state index is 0.750. The molecule has 0 aromatic carbocycles. The molecule has 2 atom stereocenters. The van der Waals surface area contributed by atoms with Crippen molar-refractivity contribution in [1.82, 2.24) is 0 Å². The maximum absolute atomic E-state index is 5.72. The summed E-state index contributed by atoms with van der Waals surface area (Å²) in [4.78, 5) is 0. The van der Waals surface area contributed by atoms with Crippen molar-refractivity contribution >= 4 is 0 Å². The molecular weight excluding hydrogens is 160 g/mol. The maximum atomic E-state index is 5.72. The molecule has 0 aliphatic heterocycles. The molecule has 73 valence electrons. The van der Waals surface area contributed by atoms with Crippen molar-refractivity contribution in [3.63, 3.8) is 0 Å². The van der Waals surface area contributed by atoms with E-state index >= 15 is 0 Å². The Labute approximate surface area is 81.2 Å². The lowest BCUT2D eigenvalue weighted by molar-refractivity contribution is 0.0717. The van der Waals surface area contributed by atoms with E-state index in [1.54, 1.807) is 0 Å². The molecule has 13 heavy (non-hydrogen) atoms. The van der Waals surface area contributed by atoms with Crippen LogP contribution in [-0.4, -0.2) is 13.2 Å². The van der Waals surface area contributed by atoms with Crippen LogP contribution in [0.5, 0.6) is 0 Å². The Morgan fingerprint density at radius 1 is 1.38 bits per heavy atom. The molecule has 0 N–H and O–H groups in total. The Morgan fingerprint density at radius 3 is 2.92 bits per heavy atom. The lowest BCUT2D eigenvalue weighted by Crippen LogP contribution is -2.20. The molecule has 0 spiro atoms. The summed E-state index contributed by atoms with van der Waals surface area (Å²) < 4.78 is 5.72. The molecule has 1 saturated carbocycles. The van der Waals surface area contributed by atoms with Crippen LogP contribution in [0.25, 0.3) is 0 Å². The van der Waals surface area contributed by atoms with Crippen molar-refractivity contribution in [1.29, 1.82) is 0 Å². The highest BCUT2D eigenvalue weighted by Crippen LogP contribution is 2.30. The van der Waals surface area contributed by atoms with Gasteiger partial charge in [0.1, 0.15) is 0 Å². The van der Waals surface area contributed by atoms with Gasteiger partial charge >= 0.3 is 0 Å². The van der Waals surface area contributed by atoms with Gasteiger partial charge < -0.3 is 4.74 Å². The van der Waals surface area contributed by atoms with Gasteiger partial charge in [-0.2, -0.15) is 0 Å².